The number of hydrogen-bond acceptors (Lipinski definition) is 6. The summed E-state index contributed by atoms with van der Waals surface area (Å²) in [6.45, 7) is 3.44. The Hall–Kier alpha value is -2.07. The molecule has 0 N–H and O–H groups in total. The lowest BCUT2D eigenvalue weighted by molar-refractivity contribution is 0.367. The Kier molecular flexibility index (Phi) is 4.22. The lowest BCUT2D eigenvalue weighted by atomic mass is 10.2. The third-order valence-corrected chi connectivity index (χ3v) is 7.81. The van der Waals surface area contributed by atoms with Crippen molar-refractivity contribution in [1.29, 1.82) is 0 Å². The van der Waals surface area contributed by atoms with Crippen molar-refractivity contribution in [1.82, 2.24) is 19.3 Å². The highest BCUT2D eigenvalue weighted by Gasteiger charge is 2.46. The second-order valence-electron chi connectivity index (χ2n) is 7.01. The SMILES string of the molecule is CCn1c(=O)n(-c2nnc(C)s2)c2cc(S(=O)(=O)CC3(CF)CC3)ccc21. The monoisotopic (exact) mass is 410 g/mol. The van der Waals surface area contributed by atoms with Gasteiger partial charge in [0, 0.05) is 12.0 Å². The van der Waals surface area contributed by atoms with E-state index in [0.29, 0.717) is 40.6 Å². The number of hydrogen-bond donors (Lipinski definition) is 0. The Morgan fingerprint density at radius 1 is 1.26 bits per heavy atom. The van der Waals surface area contributed by atoms with Crippen LogP contribution in [0.2, 0.25) is 0 Å². The van der Waals surface area contributed by atoms with Gasteiger partial charge in [0.15, 0.2) is 9.84 Å². The molecule has 2 heterocycles. The van der Waals surface area contributed by atoms with Crippen LogP contribution in [0.5, 0.6) is 0 Å². The van der Waals surface area contributed by atoms with Gasteiger partial charge in [-0.3, -0.25) is 8.96 Å². The summed E-state index contributed by atoms with van der Waals surface area (Å²) in [6.07, 6.45) is 1.18. The van der Waals surface area contributed by atoms with Crippen molar-refractivity contribution in [2.75, 3.05) is 12.4 Å². The Morgan fingerprint density at radius 3 is 2.56 bits per heavy atom. The number of nitrogens with zero attached hydrogens (tertiary/aromatic N) is 4. The fourth-order valence-corrected chi connectivity index (χ4v) is 5.88. The van der Waals surface area contributed by atoms with Crippen LogP contribution in [-0.4, -0.2) is 40.2 Å². The zero-order valence-corrected chi connectivity index (χ0v) is 16.6. The van der Waals surface area contributed by atoms with E-state index in [0.717, 1.165) is 0 Å². The number of aromatic nitrogens is 4. The number of imidazole rings is 1. The number of halogens is 1. The molecule has 0 amide bonds. The first-order chi connectivity index (χ1) is 12.8. The molecule has 0 spiro atoms. The summed E-state index contributed by atoms with van der Waals surface area (Å²) in [4.78, 5) is 12.9. The maximum Gasteiger partial charge on any atom is 0.335 e. The molecule has 1 aliphatic carbocycles. The predicted octanol–water partition coefficient (Wildman–Crippen LogP) is 2.50. The van der Waals surface area contributed by atoms with Crippen molar-refractivity contribution in [3.63, 3.8) is 0 Å². The molecular formula is C17H19FN4O3S2. The van der Waals surface area contributed by atoms with E-state index in [1.807, 2.05) is 6.92 Å². The van der Waals surface area contributed by atoms with Gasteiger partial charge in [0.05, 0.1) is 28.4 Å². The van der Waals surface area contributed by atoms with Crippen LogP contribution in [0.25, 0.3) is 16.2 Å². The molecular weight excluding hydrogens is 391 g/mol. The number of alkyl halides is 1. The van der Waals surface area contributed by atoms with E-state index in [-0.39, 0.29) is 16.3 Å². The fourth-order valence-electron chi connectivity index (χ4n) is 3.28. The Balaban J connectivity index is 1.90. The maximum atomic E-state index is 13.2. The van der Waals surface area contributed by atoms with Crippen molar-refractivity contribution in [3.8, 4) is 5.13 Å². The molecule has 0 saturated heterocycles. The summed E-state index contributed by atoms with van der Waals surface area (Å²) in [6, 6.07) is 4.61. The first kappa shape index (κ1) is 18.3. The van der Waals surface area contributed by atoms with Gasteiger partial charge in [-0.15, -0.1) is 10.2 Å². The predicted molar refractivity (Wildman–Crippen MR) is 101 cm³/mol. The second-order valence-corrected chi connectivity index (χ2v) is 10.2. The smallest absolute Gasteiger partial charge is 0.292 e. The molecule has 1 aromatic carbocycles. The van der Waals surface area contributed by atoms with Crippen molar-refractivity contribution in [2.24, 2.45) is 5.41 Å². The molecule has 0 unspecified atom stereocenters. The molecule has 0 radical (unpaired) electrons. The highest BCUT2D eigenvalue weighted by atomic mass is 32.2. The average molecular weight is 410 g/mol. The van der Waals surface area contributed by atoms with Gasteiger partial charge >= 0.3 is 5.69 Å². The highest BCUT2D eigenvalue weighted by Crippen LogP contribution is 2.48. The normalized spacial score (nSPS) is 16.1. The van der Waals surface area contributed by atoms with Gasteiger partial charge in [-0.2, -0.15) is 0 Å². The van der Waals surface area contributed by atoms with Crippen molar-refractivity contribution in [3.05, 3.63) is 33.7 Å². The van der Waals surface area contributed by atoms with Crippen molar-refractivity contribution >= 4 is 32.2 Å². The minimum Gasteiger partial charge on any atom is -0.292 e. The standard InChI is InChI=1S/C17H19FN4O3S2/c1-3-21-13-5-4-12(27(24,25)10-17(9-18)6-7-17)8-14(13)22(16(21)23)15-20-19-11(2)26-15/h4-5,8H,3,6-7,9-10H2,1-2H3. The first-order valence-corrected chi connectivity index (χ1v) is 11.1. The molecule has 0 aliphatic heterocycles. The van der Waals surface area contributed by atoms with Crippen LogP contribution >= 0.6 is 11.3 Å². The van der Waals surface area contributed by atoms with Crippen LogP contribution in [0.1, 0.15) is 24.8 Å². The second kappa shape index (κ2) is 6.23. The molecule has 0 atom stereocenters. The lowest BCUT2D eigenvalue weighted by Gasteiger charge is -2.11. The number of rotatable bonds is 6. The minimum absolute atomic E-state index is 0.0953. The summed E-state index contributed by atoms with van der Waals surface area (Å²) >= 11 is 1.26. The number of sulfone groups is 1. The molecule has 0 bridgehead atoms. The van der Waals surface area contributed by atoms with E-state index in [2.05, 4.69) is 10.2 Å². The molecule has 7 nitrogen and oxygen atoms in total. The number of fused-ring (bicyclic) bond motifs is 1. The topological polar surface area (TPSA) is 86.8 Å². The third-order valence-electron chi connectivity index (χ3n) is 5.02. The summed E-state index contributed by atoms with van der Waals surface area (Å²) in [5.41, 5.74) is 0.0600. The highest BCUT2D eigenvalue weighted by molar-refractivity contribution is 7.91. The molecule has 4 rings (SSSR count). The molecule has 1 fully saturated rings. The summed E-state index contributed by atoms with van der Waals surface area (Å²) < 4.78 is 41.8. The van der Waals surface area contributed by atoms with E-state index >= 15 is 0 Å². The summed E-state index contributed by atoms with van der Waals surface area (Å²) in [5, 5.41) is 9.09. The molecule has 27 heavy (non-hydrogen) atoms. The zero-order valence-electron chi connectivity index (χ0n) is 15.0. The van der Waals surface area contributed by atoms with Crippen LogP contribution in [0, 0.1) is 12.3 Å². The van der Waals surface area contributed by atoms with Crippen LogP contribution in [0.4, 0.5) is 4.39 Å². The number of benzene rings is 1. The summed E-state index contributed by atoms with van der Waals surface area (Å²) in [5.74, 6) is -0.210. The Bertz CT molecular complexity index is 1190. The molecule has 144 valence electrons. The van der Waals surface area contributed by atoms with Crippen LogP contribution in [-0.2, 0) is 16.4 Å². The Morgan fingerprint density at radius 2 is 2.00 bits per heavy atom. The van der Waals surface area contributed by atoms with Gasteiger partial charge in [-0.1, -0.05) is 11.3 Å². The van der Waals surface area contributed by atoms with Gasteiger partial charge in [0.1, 0.15) is 5.01 Å². The van der Waals surface area contributed by atoms with Crippen LogP contribution < -0.4 is 5.69 Å². The average Bonchev–Trinajstić information content (AvgIpc) is 3.16. The fraction of sp³-hybridized carbons (Fsp3) is 0.471. The van der Waals surface area contributed by atoms with Gasteiger partial charge in [0.2, 0.25) is 5.13 Å². The Labute approximate surface area is 159 Å². The largest absolute Gasteiger partial charge is 0.335 e. The molecule has 1 aliphatic rings. The van der Waals surface area contributed by atoms with Crippen molar-refractivity contribution in [2.45, 2.75) is 38.1 Å². The van der Waals surface area contributed by atoms with Crippen LogP contribution in [0.15, 0.2) is 27.9 Å². The van der Waals surface area contributed by atoms with E-state index in [4.69, 9.17) is 0 Å². The third kappa shape index (κ3) is 3.00. The molecule has 10 heteroatoms. The van der Waals surface area contributed by atoms with E-state index in [1.165, 1.54) is 28.0 Å². The van der Waals surface area contributed by atoms with Crippen LogP contribution in [0.3, 0.4) is 0 Å². The van der Waals surface area contributed by atoms with Gasteiger partial charge in [-0.05, 0) is 44.9 Å². The van der Waals surface area contributed by atoms with Gasteiger partial charge < -0.3 is 0 Å². The molecule has 1 saturated carbocycles. The molecule has 2 aromatic heterocycles. The summed E-state index contributed by atoms with van der Waals surface area (Å²) in [7, 11) is -3.66. The van der Waals surface area contributed by atoms with Gasteiger partial charge in [0.25, 0.3) is 0 Å². The van der Waals surface area contributed by atoms with E-state index in [9.17, 15) is 17.6 Å². The maximum absolute atomic E-state index is 13.2. The lowest BCUT2D eigenvalue weighted by Crippen LogP contribution is -2.22. The van der Waals surface area contributed by atoms with E-state index < -0.39 is 21.9 Å². The van der Waals surface area contributed by atoms with Gasteiger partial charge in [-0.25, -0.2) is 17.8 Å². The first-order valence-electron chi connectivity index (χ1n) is 8.65. The van der Waals surface area contributed by atoms with Crippen molar-refractivity contribution < 1.29 is 12.8 Å². The van der Waals surface area contributed by atoms with E-state index in [1.54, 1.807) is 17.6 Å². The minimum atomic E-state index is -3.66. The zero-order chi connectivity index (χ0) is 19.4. The molecule has 3 aromatic rings. The quantitative estimate of drug-likeness (QED) is 0.623. The number of aryl methyl sites for hydroxylation is 2.